The summed E-state index contributed by atoms with van der Waals surface area (Å²) in [5, 5.41) is 17.3. The molecule has 0 radical (unpaired) electrons. The van der Waals surface area contributed by atoms with E-state index in [1.165, 1.54) is 0 Å². The van der Waals surface area contributed by atoms with Crippen LogP contribution in [0.25, 0.3) is 0 Å². The van der Waals surface area contributed by atoms with Crippen molar-refractivity contribution in [3.63, 3.8) is 0 Å². The van der Waals surface area contributed by atoms with Gasteiger partial charge in [-0.3, -0.25) is 0 Å². The van der Waals surface area contributed by atoms with E-state index >= 15 is 0 Å². The van der Waals surface area contributed by atoms with E-state index in [0.29, 0.717) is 5.56 Å². The summed E-state index contributed by atoms with van der Waals surface area (Å²) in [6, 6.07) is 3.74. The van der Waals surface area contributed by atoms with Crippen LogP contribution in [0.3, 0.4) is 0 Å². The summed E-state index contributed by atoms with van der Waals surface area (Å²) in [7, 11) is 0. The average Bonchev–Trinajstić information content (AvgIpc) is 2.15. The van der Waals surface area contributed by atoms with Gasteiger partial charge in [-0.1, -0.05) is 0 Å². The first-order chi connectivity index (χ1) is 6.29. The molecule has 0 saturated heterocycles. The van der Waals surface area contributed by atoms with Crippen LogP contribution < -0.4 is 4.74 Å². The second-order valence-corrected chi connectivity index (χ2v) is 2.49. The van der Waals surface area contributed by atoms with E-state index in [4.69, 9.17) is 15.1 Å². The molecule has 0 aliphatic heterocycles. The van der Waals surface area contributed by atoms with Gasteiger partial charge in [-0.25, -0.2) is 4.98 Å². The van der Waals surface area contributed by atoms with E-state index in [2.05, 4.69) is 4.98 Å². The first-order valence-corrected chi connectivity index (χ1v) is 3.89. The molecule has 1 N–H and O–H groups in total. The topological polar surface area (TPSA) is 66.1 Å². The van der Waals surface area contributed by atoms with Crippen LogP contribution in [0.2, 0.25) is 0 Å². The molecule has 0 atom stereocenters. The van der Waals surface area contributed by atoms with Gasteiger partial charge in [0.1, 0.15) is 18.2 Å². The van der Waals surface area contributed by atoms with Crippen molar-refractivity contribution in [2.75, 3.05) is 13.2 Å². The van der Waals surface area contributed by atoms with Crippen molar-refractivity contribution in [1.82, 2.24) is 4.98 Å². The number of aryl methyl sites for hydroxylation is 1. The van der Waals surface area contributed by atoms with Crippen LogP contribution in [0.4, 0.5) is 0 Å². The van der Waals surface area contributed by atoms with Crippen LogP contribution in [0.1, 0.15) is 11.1 Å². The third kappa shape index (κ3) is 2.17. The lowest BCUT2D eigenvalue weighted by Gasteiger charge is -2.05. The van der Waals surface area contributed by atoms with Gasteiger partial charge in [0.05, 0.1) is 6.61 Å². The van der Waals surface area contributed by atoms with E-state index in [-0.39, 0.29) is 19.1 Å². The normalized spacial score (nSPS) is 9.31. The van der Waals surface area contributed by atoms with E-state index < -0.39 is 0 Å². The van der Waals surface area contributed by atoms with Gasteiger partial charge < -0.3 is 9.84 Å². The van der Waals surface area contributed by atoms with Crippen LogP contribution >= 0.6 is 0 Å². The van der Waals surface area contributed by atoms with Crippen molar-refractivity contribution in [3.05, 3.63) is 23.4 Å². The molecule has 0 bridgehead atoms. The van der Waals surface area contributed by atoms with Gasteiger partial charge in [0.15, 0.2) is 0 Å². The summed E-state index contributed by atoms with van der Waals surface area (Å²) in [5.41, 5.74) is 1.25. The fourth-order valence-corrected chi connectivity index (χ4v) is 0.921. The summed E-state index contributed by atoms with van der Waals surface area (Å²) in [6.07, 6.45) is 1.57. The Morgan fingerprint density at radius 1 is 1.69 bits per heavy atom. The molecule has 0 unspecified atom stereocenters. The lowest BCUT2D eigenvalue weighted by Crippen LogP contribution is -2.05. The minimum Gasteiger partial charge on any atom is -0.474 e. The predicted octanol–water partition coefficient (Wildman–Crippen LogP) is 0.633. The fourth-order valence-electron chi connectivity index (χ4n) is 0.921. The molecule has 1 aromatic heterocycles. The molecular weight excluding hydrogens is 168 g/mol. The zero-order chi connectivity index (χ0) is 9.68. The summed E-state index contributed by atoms with van der Waals surface area (Å²) in [6.45, 7) is 1.89. The van der Waals surface area contributed by atoms with Crippen molar-refractivity contribution in [2.45, 2.75) is 6.92 Å². The van der Waals surface area contributed by atoms with Crippen molar-refractivity contribution in [1.29, 1.82) is 5.26 Å². The van der Waals surface area contributed by atoms with Crippen LogP contribution in [0, 0.1) is 18.3 Å². The number of pyridine rings is 1. The first-order valence-electron chi connectivity index (χ1n) is 3.89. The number of ether oxygens (including phenoxy) is 1. The van der Waals surface area contributed by atoms with E-state index in [9.17, 15) is 0 Å². The van der Waals surface area contributed by atoms with E-state index in [1.807, 2.05) is 13.0 Å². The van der Waals surface area contributed by atoms with Gasteiger partial charge in [-0.2, -0.15) is 5.26 Å². The second-order valence-electron chi connectivity index (χ2n) is 2.49. The first kappa shape index (κ1) is 9.49. The molecule has 13 heavy (non-hydrogen) atoms. The number of aromatic nitrogens is 1. The molecule has 0 aromatic carbocycles. The molecular formula is C9H10N2O2. The molecule has 1 rings (SSSR count). The molecule has 0 fully saturated rings. The number of aliphatic hydroxyl groups is 1. The SMILES string of the molecule is Cc1ccnc(OCCO)c1C#N. The number of nitriles is 1. The van der Waals surface area contributed by atoms with Crippen LogP contribution in [0.15, 0.2) is 12.3 Å². The van der Waals surface area contributed by atoms with Crippen molar-refractivity contribution in [2.24, 2.45) is 0 Å². The molecule has 0 aliphatic rings. The number of aliphatic hydroxyl groups excluding tert-OH is 1. The Bertz CT molecular complexity index is 331. The summed E-state index contributed by atoms with van der Waals surface area (Å²) in [4.78, 5) is 3.89. The summed E-state index contributed by atoms with van der Waals surface area (Å²) in [5.74, 6) is 0.288. The Morgan fingerprint density at radius 3 is 3.08 bits per heavy atom. The Morgan fingerprint density at radius 2 is 2.46 bits per heavy atom. The van der Waals surface area contributed by atoms with Gasteiger partial charge in [0.25, 0.3) is 0 Å². The minimum absolute atomic E-state index is 0.0828. The number of rotatable bonds is 3. The summed E-state index contributed by atoms with van der Waals surface area (Å²) < 4.78 is 5.07. The van der Waals surface area contributed by atoms with E-state index in [1.54, 1.807) is 12.3 Å². The predicted molar refractivity (Wildman–Crippen MR) is 46.3 cm³/mol. The zero-order valence-electron chi connectivity index (χ0n) is 7.32. The van der Waals surface area contributed by atoms with Gasteiger partial charge in [0, 0.05) is 6.20 Å². The molecule has 4 heteroatoms. The summed E-state index contributed by atoms with van der Waals surface area (Å²) >= 11 is 0. The third-order valence-corrected chi connectivity index (χ3v) is 1.57. The molecule has 4 nitrogen and oxygen atoms in total. The van der Waals surface area contributed by atoms with Gasteiger partial charge in [-0.05, 0) is 18.6 Å². The molecule has 0 amide bonds. The fraction of sp³-hybridized carbons (Fsp3) is 0.333. The molecule has 0 spiro atoms. The van der Waals surface area contributed by atoms with Crippen molar-refractivity contribution in [3.8, 4) is 11.9 Å². The van der Waals surface area contributed by atoms with Gasteiger partial charge >= 0.3 is 0 Å². The zero-order valence-corrected chi connectivity index (χ0v) is 7.32. The Kier molecular flexibility index (Phi) is 3.23. The molecule has 0 saturated carbocycles. The lowest BCUT2D eigenvalue weighted by molar-refractivity contribution is 0.196. The highest BCUT2D eigenvalue weighted by atomic mass is 16.5. The third-order valence-electron chi connectivity index (χ3n) is 1.57. The number of hydrogen-bond acceptors (Lipinski definition) is 4. The van der Waals surface area contributed by atoms with Gasteiger partial charge in [-0.15, -0.1) is 0 Å². The maximum atomic E-state index is 8.77. The second kappa shape index (κ2) is 4.43. The smallest absolute Gasteiger partial charge is 0.231 e. The highest BCUT2D eigenvalue weighted by Gasteiger charge is 2.06. The molecule has 0 aliphatic carbocycles. The van der Waals surface area contributed by atoms with Crippen LogP contribution in [-0.4, -0.2) is 23.3 Å². The highest BCUT2D eigenvalue weighted by Crippen LogP contribution is 2.16. The minimum atomic E-state index is -0.0828. The lowest BCUT2D eigenvalue weighted by atomic mass is 10.2. The number of hydrogen-bond donors (Lipinski definition) is 1. The maximum absolute atomic E-state index is 8.77. The average molecular weight is 178 g/mol. The quantitative estimate of drug-likeness (QED) is 0.737. The monoisotopic (exact) mass is 178 g/mol. The van der Waals surface area contributed by atoms with Crippen molar-refractivity contribution >= 4 is 0 Å². The highest BCUT2D eigenvalue weighted by molar-refractivity contribution is 5.43. The Labute approximate surface area is 76.4 Å². The van der Waals surface area contributed by atoms with E-state index in [0.717, 1.165) is 5.56 Å². The molecule has 68 valence electrons. The Balaban J connectivity index is 2.93. The molecule has 1 aromatic rings. The van der Waals surface area contributed by atoms with Crippen molar-refractivity contribution < 1.29 is 9.84 Å². The van der Waals surface area contributed by atoms with Crippen LogP contribution in [-0.2, 0) is 0 Å². The van der Waals surface area contributed by atoms with Crippen LogP contribution in [0.5, 0.6) is 5.88 Å². The standard InChI is InChI=1S/C9H10N2O2/c1-7-2-3-11-9(8(7)6-10)13-5-4-12/h2-3,12H,4-5H2,1H3. The largest absolute Gasteiger partial charge is 0.474 e. The number of nitrogens with zero attached hydrogens (tertiary/aromatic N) is 2. The Hall–Kier alpha value is -1.60. The maximum Gasteiger partial charge on any atom is 0.231 e. The molecule has 1 heterocycles. The van der Waals surface area contributed by atoms with Gasteiger partial charge in [0.2, 0.25) is 5.88 Å².